The summed E-state index contributed by atoms with van der Waals surface area (Å²) >= 11 is 0. The Balaban J connectivity index is 1.37. The van der Waals surface area contributed by atoms with Crippen LogP contribution in [-0.4, -0.2) is 193 Å². The zero-order chi connectivity index (χ0) is 60.1. The van der Waals surface area contributed by atoms with Crippen molar-refractivity contribution >= 4 is 47.7 Å². The van der Waals surface area contributed by atoms with Gasteiger partial charge < -0.3 is 99.0 Å². The van der Waals surface area contributed by atoms with Crippen LogP contribution in [0, 0.1) is 35.5 Å². The maximum Gasteiger partial charge on any atom is 0.404 e. The number of primary amides is 2. The van der Waals surface area contributed by atoms with Crippen molar-refractivity contribution in [3.63, 3.8) is 0 Å². The molecule has 0 aromatic heterocycles. The molecule has 81 heavy (non-hydrogen) atoms. The summed E-state index contributed by atoms with van der Waals surface area (Å²) in [5.41, 5.74) is 8.63. The van der Waals surface area contributed by atoms with E-state index < -0.39 is 200 Å². The van der Waals surface area contributed by atoms with Crippen LogP contribution in [0.2, 0.25) is 0 Å². The number of aliphatic hydroxyl groups is 2. The zero-order valence-corrected chi connectivity index (χ0v) is 47.2. The molecule has 1 aromatic rings. The number of carboxylic acids is 1. The van der Waals surface area contributed by atoms with E-state index in [2.05, 4.69) is 10.6 Å². The lowest BCUT2D eigenvalue weighted by Crippen LogP contribution is -2.71. The zero-order valence-electron chi connectivity index (χ0n) is 47.2. The molecule has 1 aromatic carbocycles. The van der Waals surface area contributed by atoms with E-state index in [-0.39, 0.29) is 18.1 Å². The van der Waals surface area contributed by atoms with E-state index in [1.165, 1.54) is 27.7 Å². The minimum Gasteiger partial charge on any atom is -0.479 e. The van der Waals surface area contributed by atoms with Crippen molar-refractivity contribution in [2.45, 2.75) is 199 Å². The van der Waals surface area contributed by atoms with Gasteiger partial charge in [-0.3, -0.25) is 24.0 Å². The fourth-order valence-electron chi connectivity index (χ4n) is 11.1. The first-order chi connectivity index (χ1) is 37.9. The first kappa shape index (κ1) is 64.5. The Hall–Kier alpha value is -5.66. The Morgan fingerprint density at radius 2 is 1.14 bits per heavy atom. The number of aliphatic carboxylic acids is 1. The molecule has 6 rings (SSSR count). The molecule has 5 aliphatic rings. The number of nitrogens with two attached hydrogens (primary N) is 2. The van der Waals surface area contributed by atoms with Gasteiger partial charge in [-0.1, -0.05) is 59.7 Å². The summed E-state index contributed by atoms with van der Waals surface area (Å²) in [5.74, 6) is -9.52. The highest BCUT2D eigenvalue weighted by Crippen LogP contribution is 2.42. The van der Waals surface area contributed by atoms with Crippen LogP contribution in [0.15, 0.2) is 30.3 Å². The fourth-order valence-corrected chi connectivity index (χ4v) is 11.1. The molecule has 28 nitrogen and oxygen atoms in total. The number of benzene rings is 1. The van der Waals surface area contributed by atoms with Crippen LogP contribution < -0.4 is 22.1 Å². The predicted octanol–water partition coefficient (Wildman–Crippen LogP) is 0.127. The van der Waals surface area contributed by atoms with Gasteiger partial charge in [0.25, 0.3) is 0 Å². The van der Waals surface area contributed by atoms with Crippen molar-refractivity contribution < 1.29 is 115 Å². The molecule has 4 amide bonds. The Labute approximate surface area is 467 Å². The van der Waals surface area contributed by atoms with E-state index in [1.807, 2.05) is 6.92 Å². The van der Waals surface area contributed by atoms with Crippen molar-refractivity contribution in [2.75, 3.05) is 13.2 Å². The molecule has 0 aliphatic carbocycles. The second-order valence-corrected chi connectivity index (χ2v) is 21.8. The topological polar surface area (TPSA) is 393 Å². The smallest absolute Gasteiger partial charge is 0.404 e. The molecule has 5 fully saturated rings. The SMILES string of the molecule is CC(=O)NC1C(C)C(O[C@@H]2OC(C(=O)O)[C@H](C)[C@H](C)C2OC(=O)c2ccccc2)C(C)O[C@H]1O[C@H]1C(CO[C@@H]2OC(COC(C)=O)C(C)C(C)C2OC(C)=O)O[C@@H](OC2C(O)OC(C(N)=O)[C@@](C)(O)[C@@H]2OC(N)=O)C(NC(C)=O)[C@H]1C. The van der Waals surface area contributed by atoms with Crippen molar-refractivity contribution in [3.8, 4) is 0 Å². The van der Waals surface area contributed by atoms with Gasteiger partial charge in [-0.25, -0.2) is 14.4 Å². The Morgan fingerprint density at radius 3 is 1.69 bits per heavy atom. The minimum atomic E-state index is -2.50. The van der Waals surface area contributed by atoms with Crippen LogP contribution >= 0.6 is 0 Å². The lowest BCUT2D eigenvalue weighted by molar-refractivity contribution is -0.369. The molecule has 25 atom stereocenters. The van der Waals surface area contributed by atoms with Gasteiger partial charge in [0, 0.05) is 51.4 Å². The Kier molecular flexibility index (Phi) is 21.6. The van der Waals surface area contributed by atoms with Gasteiger partial charge in [-0.05, 0) is 37.8 Å². The van der Waals surface area contributed by atoms with E-state index in [4.69, 9.17) is 73.0 Å². The summed E-state index contributed by atoms with van der Waals surface area (Å²) < 4.78 is 79.7. The van der Waals surface area contributed by atoms with E-state index >= 15 is 0 Å². The largest absolute Gasteiger partial charge is 0.479 e. The molecule has 454 valence electrons. The van der Waals surface area contributed by atoms with Crippen LogP contribution in [0.5, 0.6) is 0 Å². The standard InChI is InChI=1S/C53H78N4O24/c1-20-21(2)39(72-30(11)61)50(73-32(20)18-69-29(10)60)70-19-33-37(25(6)35(57-28(9)59)49(74-33)79-41-42(81-52(55)67)53(12,68)43(44(54)62)80-47(41)66)77-48-34(56-27(8)58)24(5)36(26(7)71-48)76-51-40(23(4)22(3)38(78-51)45(63)64)75-46(65)31-16-14-13-15-17-31/h13-17,20-26,32-43,47-51,66,68H,18-19H2,1-12H3,(H2,54,62)(H2,55,67)(H,56,58)(H,57,59)(H,63,64)/t20?,21?,22-,23+,24?,25-,26?,32?,33?,34?,35?,36?,37-,38?,39?,40?,41?,42-,43?,47?,48+,49+,50-,51-,53+/m1/s1. The van der Waals surface area contributed by atoms with Crippen molar-refractivity contribution in [3.05, 3.63) is 35.9 Å². The average molecular weight is 1160 g/mol. The monoisotopic (exact) mass is 1150 g/mol. The lowest BCUT2D eigenvalue weighted by Gasteiger charge is -2.52. The summed E-state index contributed by atoms with van der Waals surface area (Å²) in [7, 11) is 0. The summed E-state index contributed by atoms with van der Waals surface area (Å²) in [6.07, 6.45) is -24.5. The van der Waals surface area contributed by atoms with E-state index in [9.17, 15) is 53.7 Å². The third-order valence-corrected chi connectivity index (χ3v) is 15.9. The van der Waals surface area contributed by atoms with Gasteiger partial charge in [0.05, 0.1) is 48.7 Å². The van der Waals surface area contributed by atoms with Gasteiger partial charge in [-0.15, -0.1) is 0 Å². The number of carboxylic acid groups (broad SMARTS) is 1. The van der Waals surface area contributed by atoms with E-state index in [0.29, 0.717) is 0 Å². The minimum absolute atomic E-state index is 0.194. The maximum atomic E-state index is 13.5. The molecular formula is C53H78N4O24. The normalized spacial score (nSPS) is 40.6. The second kappa shape index (κ2) is 27.2. The van der Waals surface area contributed by atoms with Gasteiger partial charge >= 0.3 is 30.0 Å². The summed E-state index contributed by atoms with van der Waals surface area (Å²) in [6.45, 7) is 17.1. The highest BCUT2D eigenvalue weighted by atomic mass is 16.8. The maximum absolute atomic E-state index is 13.5. The molecule has 9 N–H and O–H groups in total. The van der Waals surface area contributed by atoms with Crippen LogP contribution in [0.1, 0.15) is 93.4 Å². The number of nitrogens with one attached hydrogen (secondary N) is 2. The molecule has 15 unspecified atom stereocenters. The number of ether oxygens (including phenoxy) is 13. The van der Waals surface area contributed by atoms with Crippen LogP contribution in [0.3, 0.4) is 0 Å². The molecule has 5 heterocycles. The summed E-state index contributed by atoms with van der Waals surface area (Å²) in [4.78, 5) is 102. The molecule has 0 spiro atoms. The van der Waals surface area contributed by atoms with Gasteiger partial charge in [0.15, 0.2) is 68.1 Å². The summed E-state index contributed by atoms with van der Waals surface area (Å²) in [6, 6.07) is 5.75. The summed E-state index contributed by atoms with van der Waals surface area (Å²) in [5, 5.41) is 38.9. The number of hydrogen-bond acceptors (Lipinski definition) is 23. The van der Waals surface area contributed by atoms with Crippen molar-refractivity contribution in [1.29, 1.82) is 0 Å². The van der Waals surface area contributed by atoms with Crippen molar-refractivity contribution in [2.24, 2.45) is 47.0 Å². The van der Waals surface area contributed by atoms with Crippen molar-refractivity contribution in [1.82, 2.24) is 10.6 Å². The average Bonchev–Trinajstić information content (AvgIpc) is 3.55. The molecule has 0 radical (unpaired) electrons. The first-order valence-electron chi connectivity index (χ1n) is 26.8. The van der Waals surface area contributed by atoms with E-state index in [0.717, 1.165) is 6.92 Å². The number of rotatable bonds is 19. The number of carbonyl (C=O) groups excluding carboxylic acids is 7. The van der Waals surface area contributed by atoms with Gasteiger partial charge in [0.2, 0.25) is 17.7 Å². The number of esters is 3. The lowest BCUT2D eigenvalue weighted by atomic mass is 9.83. The number of hydrogen-bond donors (Lipinski definition) is 7. The number of amides is 4. The molecule has 5 saturated heterocycles. The predicted molar refractivity (Wildman–Crippen MR) is 272 cm³/mol. The molecule has 0 bridgehead atoms. The molecule has 28 heteroatoms. The Bertz CT molecular complexity index is 2400. The second-order valence-electron chi connectivity index (χ2n) is 21.8. The van der Waals surface area contributed by atoms with Crippen LogP contribution in [-0.2, 0) is 90.3 Å². The highest BCUT2D eigenvalue weighted by Gasteiger charge is 2.60. The van der Waals surface area contributed by atoms with Crippen LogP contribution in [0.4, 0.5) is 4.79 Å². The van der Waals surface area contributed by atoms with E-state index in [1.54, 1.807) is 71.9 Å². The van der Waals surface area contributed by atoms with Crippen LogP contribution in [0.25, 0.3) is 0 Å². The molecule has 5 aliphatic heterocycles. The van der Waals surface area contributed by atoms with Gasteiger partial charge in [0.1, 0.15) is 18.3 Å². The third-order valence-electron chi connectivity index (χ3n) is 15.9. The van der Waals surface area contributed by atoms with Gasteiger partial charge in [-0.2, -0.15) is 0 Å². The first-order valence-corrected chi connectivity index (χ1v) is 26.8. The molecular weight excluding hydrogens is 1080 g/mol. The highest BCUT2D eigenvalue weighted by molar-refractivity contribution is 5.89. The number of carbonyl (C=O) groups is 8. The third kappa shape index (κ3) is 15.1. The quantitative estimate of drug-likeness (QED) is 0.0715. The Morgan fingerprint density at radius 1 is 0.593 bits per heavy atom. The fraction of sp³-hybridized carbons (Fsp3) is 0.736. The molecule has 0 saturated carbocycles. The number of aliphatic hydroxyl groups excluding tert-OH is 1.